The predicted octanol–water partition coefficient (Wildman–Crippen LogP) is 1.40. The lowest BCUT2D eigenvalue weighted by Gasteiger charge is -2.39. The average molecular weight is 616 g/mol. The number of phenols is 7. The van der Waals surface area contributed by atoms with E-state index in [0.29, 0.717) is 0 Å². The van der Waals surface area contributed by atoms with Crippen molar-refractivity contribution in [1.82, 2.24) is 0 Å². The van der Waals surface area contributed by atoms with Crippen LogP contribution < -0.4 is 10.2 Å². The Kier molecular flexibility index (Phi) is 7.75. The molecule has 1 aromatic heterocycles. The number of phenolic OH excluding ortho intramolecular Hbond substituents is 7. The monoisotopic (exact) mass is 616 g/mol. The molecule has 44 heavy (non-hydrogen) atoms. The first-order valence-corrected chi connectivity index (χ1v) is 12.6. The smallest absolute Gasteiger partial charge is 0.373 e. The van der Waals surface area contributed by atoms with Gasteiger partial charge >= 0.3 is 5.97 Å². The number of benzene rings is 3. The molecule has 5 rings (SSSR count). The number of aromatic hydroxyl groups is 7. The fraction of sp³-hybridized carbons (Fsp3) is 0.214. The summed E-state index contributed by atoms with van der Waals surface area (Å²) in [5, 5.41) is 89.7. The summed E-state index contributed by atoms with van der Waals surface area (Å²) in [5.41, 5.74) is -1.89. The SMILES string of the molecule is C[C@@H]1O[C@@H](Oc2c(-c3ccc(O)c(O)c3)oc3cc(O)cc(O)c3c2=O)[C@H](OOC(=O)c2cc(O)c(O)c(O)c2)[C@H](O)[C@H]1O. The molecule has 3 aromatic carbocycles. The number of ether oxygens (including phenoxy) is 2. The van der Waals surface area contributed by atoms with Gasteiger partial charge in [-0.1, -0.05) is 0 Å². The second kappa shape index (κ2) is 11.3. The zero-order valence-corrected chi connectivity index (χ0v) is 22.3. The van der Waals surface area contributed by atoms with Gasteiger partial charge in [-0.25, -0.2) is 4.79 Å². The van der Waals surface area contributed by atoms with E-state index in [1.54, 1.807) is 0 Å². The molecule has 16 heteroatoms. The van der Waals surface area contributed by atoms with E-state index in [9.17, 15) is 55.5 Å². The van der Waals surface area contributed by atoms with Crippen molar-refractivity contribution in [3.8, 4) is 57.3 Å². The zero-order chi connectivity index (χ0) is 32.0. The third kappa shape index (κ3) is 5.40. The number of hydrogen-bond acceptors (Lipinski definition) is 16. The van der Waals surface area contributed by atoms with Gasteiger partial charge < -0.3 is 59.8 Å². The molecule has 2 heterocycles. The molecule has 16 nitrogen and oxygen atoms in total. The van der Waals surface area contributed by atoms with Crippen LogP contribution in [-0.2, 0) is 14.5 Å². The second-order valence-electron chi connectivity index (χ2n) is 9.73. The summed E-state index contributed by atoms with van der Waals surface area (Å²) >= 11 is 0. The molecule has 1 saturated heterocycles. The van der Waals surface area contributed by atoms with E-state index in [1.165, 1.54) is 13.0 Å². The summed E-state index contributed by atoms with van der Waals surface area (Å²) in [4.78, 5) is 36.0. The van der Waals surface area contributed by atoms with Crippen molar-refractivity contribution in [1.29, 1.82) is 0 Å². The van der Waals surface area contributed by atoms with Crippen molar-refractivity contribution in [2.45, 2.75) is 37.6 Å². The quantitative estimate of drug-likeness (QED) is 0.0841. The van der Waals surface area contributed by atoms with E-state index in [0.717, 1.165) is 36.4 Å². The van der Waals surface area contributed by atoms with Crippen molar-refractivity contribution in [2.24, 2.45) is 0 Å². The Labute approximate surface area is 244 Å². The van der Waals surface area contributed by atoms with Crippen LogP contribution in [0.3, 0.4) is 0 Å². The Bertz CT molecular complexity index is 1790. The van der Waals surface area contributed by atoms with E-state index in [-0.39, 0.29) is 11.1 Å². The van der Waals surface area contributed by atoms with Gasteiger partial charge in [0.2, 0.25) is 17.5 Å². The van der Waals surface area contributed by atoms with Gasteiger partial charge in [0.05, 0.1) is 11.7 Å². The van der Waals surface area contributed by atoms with Crippen molar-refractivity contribution < 1.29 is 74.4 Å². The zero-order valence-electron chi connectivity index (χ0n) is 22.3. The number of aliphatic hydroxyl groups is 2. The topological polar surface area (TPSA) is 266 Å². The van der Waals surface area contributed by atoms with Gasteiger partial charge in [0, 0.05) is 17.7 Å². The molecule has 1 aliphatic rings. The van der Waals surface area contributed by atoms with Gasteiger partial charge in [0.25, 0.3) is 0 Å². The Balaban J connectivity index is 1.55. The van der Waals surface area contributed by atoms with Gasteiger partial charge in [-0.2, -0.15) is 4.89 Å². The number of carbonyl (C=O) groups excluding carboxylic acids is 1. The van der Waals surface area contributed by atoms with Gasteiger partial charge in [0.1, 0.15) is 34.7 Å². The Morgan fingerprint density at radius 3 is 2.16 bits per heavy atom. The third-order valence-corrected chi connectivity index (χ3v) is 6.71. The summed E-state index contributed by atoms with van der Waals surface area (Å²) in [6.07, 6.45) is -8.39. The molecule has 1 fully saturated rings. The number of rotatable bonds is 6. The standard InChI is InChI=1S/C28H24O16/c1-9-20(35)23(38)26(43-44-27(39)11-5-16(33)21(36)17(34)6-11)28(40-9)42-25-22(37)19-15(32)7-12(29)8-18(19)41-24(25)10-2-3-13(30)14(31)4-10/h2-9,20,23,26,28-36,38H,1H3/t9-,20-,23+,26+,28-/m0/s1. The molecular weight excluding hydrogens is 592 g/mol. The highest BCUT2D eigenvalue weighted by molar-refractivity contribution is 5.91. The van der Waals surface area contributed by atoms with E-state index < -0.39 is 105 Å². The van der Waals surface area contributed by atoms with Gasteiger partial charge in [-0.05, 0) is 37.3 Å². The summed E-state index contributed by atoms with van der Waals surface area (Å²) < 4.78 is 17.1. The van der Waals surface area contributed by atoms with Crippen molar-refractivity contribution in [3.05, 3.63) is 58.3 Å². The minimum absolute atomic E-state index is 0.0441. The van der Waals surface area contributed by atoms with Crippen LogP contribution in [-0.4, -0.2) is 82.6 Å². The van der Waals surface area contributed by atoms with Crippen LogP contribution in [0.1, 0.15) is 17.3 Å². The molecule has 0 aliphatic carbocycles. The highest BCUT2D eigenvalue weighted by atomic mass is 17.2. The van der Waals surface area contributed by atoms with Crippen molar-refractivity contribution in [3.63, 3.8) is 0 Å². The van der Waals surface area contributed by atoms with Crippen LogP contribution in [0.25, 0.3) is 22.3 Å². The first kappa shape index (κ1) is 30.1. The normalized spacial score (nSPS) is 21.7. The molecule has 0 amide bonds. The van der Waals surface area contributed by atoms with E-state index in [4.69, 9.17) is 23.7 Å². The lowest BCUT2D eigenvalue weighted by Crippen LogP contribution is -2.59. The maximum atomic E-state index is 13.7. The highest BCUT2D eigenvalue weighted by Crippen LogP contribution is 2.40. The maximum absolute atomic E-state index is 13.7. The van der Waals surface area contributed by atoms with Crippen LogP contribution in [0, 0.1) is 0 Å². The molecule has 5 atom stereocenters. The van der Waals surface area contributed by atoms with E-state index in [1.807, 2.05) is 0 Å². The second-order valence-corrected chi connectivity index (χ2v) is 9.73. The lowest BCUT2D eigenvalue weighted by atomic mass is 10.00. The summed E-state index contributed by atoms with van der Waals surface area (Å²) in [5.74, 6) is -7.37. The third-order valence-electron chi connectivity index (χ3n) is 6.71. The molecule has 9 N–H and O–H groups in total. The average Bonchev–Trinajstić information content (AvgIpc) is 2.96. The minimum Gasteiger partial charge on any atom is -0.508 e. The first-order valence-electron chi connectivity index (χ1n) is 12.6. The predicted molar refractivity (Wildman–Crippen MR) is 143 cm³/mol. The molecule has 0 bridgehead atoms. The van der Waals surface area contributed by atoms with Gasteiger partial charge in [-0.15, -0.1) is 0 Å². The molecule has 4 aromatic rings. The Morgan fingerprint density at radius 2 is 1.50 bits per heavy atom. The van der Waals surface area contributed by atoms with Crippen molar-refractivity contribution in [2.75, 3.05) is 0 Å². The summed E-state index contributed by atoms with van der Waals surface area (Å²) in [7, 11) is 0. The van der Waals surface area contributed by atoms with Crippen LogP contribution in [0.2, 0.25) is 0 Å². The molecule has 1 aliphatic heterocycles. The van der Waals surface area contributed by atoms with Crippen LogP contribution >= 0.6 is 0 Å². The van der Waals surface area contributed by atoms with Crippen LogP contribution in [0.5, 0.6) is 46.0 Å². The molecular formula is C28H24O16. The lowest BCUT2D eigenvalue weighted by molar-refractivity contribution is -0.368. The van der Waals surface area contributed by atoms with E-state index in [2.05, 4.69) is 0 Å². The Hall–Kier alpha value is -5.42. The molecule has 0 saturated carbocycles. The largest absolute Gasteiger partial charge is 0.508 e. The maximum Gasteiger partial charge on any atom is 0.373 e. The number of aliphatic hydroxyl groups excluding tert-OH is 2. The van der Waals surface area contributed by atoms with Crippen LogP contribution in [0.4, 0.5) is 0 Å². The fourth-order valence-corrected chi connectivity index (χ4v) is 4.42. The Morgan fingerprint density at radius 1 is 0.818 bits per heavy atom. The highest BCUT2D eigenvalue weighted by Gasteiger charge is 2.47. The fourth-order valence-electron chi connectivity index (χ4n) is 4.42. The van der Waals surface area contributed by atoms with Crippen LogP contribution in [0.15, 0.2) is 51.7 Å². The number of fused-ring (bicyclic) bond motifs is 1. The minimum atomic E-state index is -1.88. The first-order chi connectivity index (χ1) is 20.8. The van der Waals surface area contributed by atoms with E-state index >= 15 is 0 Å². The number of hydrogen-bond donors (Lipinski definition) is 9. The summed E-state index contributed by atoms with van der Waals surface area (Å²) in [6.45, 7) is 1.34. The van der Waals surface area contributed by atoms with Gasteiger partial charge in [0.15, 0.2) is 40.6 Å². The summed E-state index contributed by atoms with van der Waals surface area (Å²) in [6, 6.07) is 6.67. The molecule has 232 valence electrons. The van der Waals surface area contributed by atoms with Crippen molar-refractivity contribution >= 4 is 16.9 Å². The number of carbonyl (C=O) groups is 1. The van der Waals surface area contributed by atoms with Gasteiger partial charge in [-0.3, -0.25) is 9.68 Å². The molecule has 0 unspecified atom stereocenters. The molecule has 0 spiro atoms. The molecule has 0 radical (unpaired) electrons.